The second-order valence-corrected chi connectivity index (χ2v) is 6.69. The molecule has 1 aromatic carbocycles. The van der Waals surface area contributed by atoms with Crippen molar-refractivity contribution < 1.29 is 22.0 Å². The van der Waals surface area contributed by atoms with Gasteiger partial charge in [-0.05, 0) is 18.2 Å². The van der Waals surface area contributed by atoms with Gasteiger partial charge in [-0.15, -0.1) is 0 Å². The van der Waals surface area contributed by atoms with Crippen LogP contribution in [0.3, 0.4) is 0 Å². The lowest BCUT2D eigenvalue weighted by atomic mass is 10.2. The monoisotopic (exact) mass is 319 g/mol. The molecule has 1 saturated heterocycles. The van der Waals surface area contributed by atoms with Gasteiger partial charge in [0.2, 0.25) is 15.9 Å². The molecule has 0 radical (unpaired) electrons. The van der Waals surface area contributed by atoms with Crippen molar-refractivity contribution in [3.05, 3.63) is 24.3 Å². The van der Waals surface area contributed by atoms with Crippen LogP contribution in [0, 0.1) is 0 Å². The smallest absolute Gasteiger partial charge is 0.262 e. The third-order valence-corrected chi connectivity index (χ3v) is 3.47. The molecule has 1 atom stereocenters. The molecule has 2 rings (SSSR count). The Labute approximate surface area is 121 Å². The summed E-state index contributed by atoms with van der Waals surface area (Å²) in [5.74, 6) is -3.47. The Morgan fingerprint density at radius 2 is 2.05 bits per heavy atom. The van der Waals surface area contributed by atoms with Gasteiger partial charge in [-0.3, -0.25) is 14.8 Å². The highest BCUT2D eigenvalue weighted by Gasteiger charge is 2.42. The van der Waals surface area contributed by atoms with Crippen LogP contribution in [0.2, 0.25) is 0 Å². The van der Waals surface area contributed by atoms with Gasteiger partial charge in [0.25, 0.3) is 5.92 Å². The number of amides is 1. The van der Waals surface area contributed by atoms with Crippen LogP contribution in [0.1, 0.15) is 6.42 Å². The molecule has 0 aliphatic carbocycles. The van der Waals surface area contributed by atoms with E-state index in [4.69, 9.17) is 0 Å². The van der Waals surface area contributed by atoms with Gasteiger partial charge in [0.05, 0.1) is 24.5 Å². The highest BCUT2D eigenvalue weighted by atomic mass is 32.2. The Kier molecular flexibility index (Phi) is 4.15. The third-order valence-electron chi connectivity index (χ3n) is 2.86. The van der Waals surface area contributed by atoms with Crippen molar-refractivity contribution in [1.82, 2.24) is 5.32 Å². The fraction of sp³-hybridized carbons (Fsp3) is 0.417. The van der Waals surface area contributed by atoms with E-state index in [0.717, 1.165) is 6.26 Å². The second-order valence-electron chi connectivity index (χ2n) is 4.94. The van der Waals surface area contributed by atoms with Crippen LogP contribution in [0.5, 0.6) is 0 Å². The summed E-state index contributed by atoms with van der Waals surface area (Å²) in [6.45, 7) is -0.527. The van der Waals surface area contributed by atoms with E-state index >= 15 is 0 Å². The maximum absolute atomic E-state index is 13.0. The van der Waals surface area contributed by atoms with Crippen LogP contribution in [0.15, 0.2) is 24.3 Å². The fourth-order valence-electron chi connectivity index (χ4n) is 2.00. The van der Waals surface area contributed by atoms with Crippen molar-refractivity contribution >= 4 is 27.3 Å². The largest absolute Gasteiger partial charge is 0.325 e. The number of hydrogen-bond acceptors (Lipinski definition) is 4. The Morgan fingerprint density at radius 3 is 2.62 bits per heavy atom. The van der Waals surface area contributed by atoms with Gasteiger partial charge in [-0.1, -0.05) is 6.07 Å². The van der Waals surface area contributed by atoms with E-state index in [9.17, 15) is 22.0 Å². The minimum absolute atomic E-state index is 0.278. The van der Waals surface area contributed by atoms with E-state index < -0.39 is 40.9 Å². The number of benzene rings is 1. The van der Waals surface area contributed by atoms with Crippen LogP contribution in [-0.4, -0.2) is 39.1 Å². The number of carbonyl (C=O) groups excluding carboxylic acids is 1. The summed E-state index contributed by atoms with van der Waals surface area (Å²) in [7, 11) is -3.43. The number of sulfonamides is 1. The Morgan fingerprint density at radius 1 is 1.38 bits per heavy atom. The normalized spacial score (nSPS) is 21.0. The number of carbonyl (C=O) groups is 1. The molecule has 0 spiro atoms. The zero-order valence-electron chi connectivity index (χ0n) is 11.2. The second kappa shape index (κ2) is 5.57. The van der Waals surface area contributed by atoms with Gasteiger partial charge in [0.15, 0.2) is 0 Å². The van der Waals surface area contributed by atoms with Crippen molar-refractivity contribution in [2.24, 2.45) is 0 Å². The first-order chi connectivity index (χ1) is 9.65. The summed E-state index contributed by atoms with van der Waals surface area (Å²) < 4.78 is 50.6. The predicted octanol–water partition coefficient (Wildman–Crippen LogP) is 0.994. The number of rotatable bonds is 4. The summed E-state index contributed by atoms with van der Waals surface area (Å²) in [6, 6.07) is 5.04. The molecule has 116 valence electrons. The van der Waals surface area contributed by atoms with Crippen LogP contribution in [0.25, 0.3) is 0 Å². The van der Waals surface area contributed by atoms with Crippen LogP contribution in [0.4, 0.5) is 20.2 Å². The lowest BCUT2D eigenvalue weighted by Crippen LogP contribution is -2.35. The first-order valence-corrected chi connectivity index (χ1v) is 8.04. The summed E-state index contributed by atoms with van der Waals surface area (Å²) in [5, 5.41) is 4.92. The zero-order valence-corrected chi connectivity index (χ0v) is 12.0. The predicted molar refractivity (Wildman–Crippen MR) is 74.9 cm³/mol. The van der Waals surface area contributed by atoms with Gasteiger partial charge < -0.3 is 5.32 Å². The first-order valence-electron chi connectivity index (χ1n) is 6.15. The summed E-state index contributed by atoms with van der Waals surface area (Å²) in [4.78, 5) is 11.9. The molecule has 0 aromatic heterocycles. The van der Waals surface area contributed by atoms with Gasteiger partial charge in [-0.2, -0.15) is 0 Å². The molecule has 1 heterocycles. The molecule has 6 nitrogen and oxygen atoms in total. The maximum Gasteiger partial charge on any atom is 0.262 e. The topological polar surface area (TPSA) is 87.3 Å². The summed E-state index contributed by atoms with van der Waals surface area (Å²) in [6.07, 6.45) is 0.447. The van der Waals surface area contributed by atoms with Gasteiger partial charge >= 0.3 is 0 Å². The number of nitrogens with one attached hydrogen (secondary N) is 3. The van der Waals surface area contributed by atoms with Crippen molar-refractivity contribution in [2.45, 2.75) is 18.4 Å². The van der Waals surface area contributed by atoms with E-state index in [1.807, 2.05) is 0 Å². The van der Waals surface area contributed by atoms with Crippen LogP contribution < -0.4 is 15.4 Å². The minimum atomic E-state index is -3.43. The first kappa shape index (κ1) is 15.6. The molecule has 1 unspecified atom stereocenters. The highest BCUT2D eigenvalue weighted by molar-refractivity contribution is 7.92. The van der Waals surface area contributed by atoms with Crippen molar-refractivity contribution in [2.75, 3.05) is 22.8 Å². The average Bonchev–Trinajstić information content (AvgIpc) is 2.68. The van der Waals surface area contributed by atoms with Gasteiger partial charge in [0, 0.05) is 12.1 Å². The Balaban J connectivity index is 2.03. The number of halogens is 2. The van der Waals surface area contributed by atoms with Gasteiger partial charge in [0.1, 0.15) is 0 Å². The average molecular weight is 319 g/mol. The molecule has 21 heavy (non-hydrogen) atoms. The SMILES string of the molecule is CS(=O)(=O)Nc1cccc(NC(=O)C2CC(F)(F)CN2)c1. The van der Waals surface area contributed by atoms with E-state index in [1.165, 1.54) is 12.1 Å². The molecule has 1 aromatic rings. The third kappa shape index (κ3) is 4.64. The minimum Gasteiger partial charge on any atom is -0.325 e. The van der Waals surface area contributed by atoms with Crippen LogP contribution in [-0.2, 0) is 14.8 Å². The van der Waals surface area contributed by atoms with E-state index in [1.54, 1.807) is 12.1 Å². The molecule has 0 bridgehead atoms. The molecule has 0 saturated carbocycles. The fourth-order valence-corrected chi connectivity index (χ4v) is 2.56. The number of anilines is 2. The number of hydrogen-bond donors (Lipinski definition) is 3. The lowest BCUT2D eigenvalue weighted by molar-refractivity contribution is -0.118. The molecule has 3 N–H and O–H groups in total. The molecule has 1 fully saturated rings. The quantitative estimate of drug-likeness (QED) is 0.772. The molecular formula is C12H15F2N3O3S. The highest BCUT2D eigenvalue weighted by Crippen LogP contribution is 2.26. The lowest BCUT2D eigenvalue weighted by Gasteiger charge is -2.12. The Bertz CT molecular complexity index is 649. The standard InChI is InChI=1S/C12H15F2N3O3S/c1-21(19,20)17-9-4-2-3-8(5-9)16-11(18)10-6-12(13,14)7-15-10/h2-5,10,15,17H,6-7H2,1H3,(H,16,18). The zero-order chi connectivity index (χ0) is 15.7. The molecule has 1 aliphatic heterocycles. The number of alkyl halides is 2. The van der Waals surface area contributed by atoms with Crippen LogP contribution >= 0.6 is 0 Å². The molecule has 1 amide bonds. The van der Waals surface area contributed by atoms with Crippen molar-refractivity contribution in [1.29, 1.82) is 0 Å². The molecule has 9 heteroatoms. The van der Waals surface area contributed by atoms with Gasteiger partial charge in [-0.25, -0.2) is 17.2 Å². The van der Waals surface area contributed by atoms with E-state index in [2.05, 4.69) is 15.4 Å². The maximum atomic E-state index is 13.0. The van der Waals surface area contributed by atoms with Crippen molar-refractivity contribution in [3.63, 3.8) is 0 Å². The summed E-state index contributed by atoms with van der Waals surface area (Å²) >= 11 is 0. The Hall–Kier alpha value is -1.74. The van der Waals surface area contributed by atoms with Crippen molar-refractivity contribution in [3.8, 4) is 0 Å². The van der Waals surface area contributed by atoms with E-state index in [0.29, 0.717) is 5.69 Å². The summed E-state index contributed by atoms with van der Waals surface area (Å²) in [5.41, 5.74) is 0.602. The molecular weight excluding hydrogens is 304 g/mol. The van der Waals surface area contributed by atoms with E-state index in [-0.39, 0.29) is 5.69 Å². The molecule has 1 aliphatic rings.